The summed E-state index contributed by atoms with van der Waals surface area (Å²) < 4.78 is 54.6. The van der Waals surface area contributed by atoms with Gasteiger partial charge >= 0.3 is 5.97 Å². The van der Waals surface area contributed by atoms with Crippen LogP contribution in [0.15, 0.2) is 54.6 Å². The number of rotatable bonds is 6. The highest BCUT2D eigenvalue weighted by Crippen LogP contribution is 2.39. The van der Waals surface area contributed by atoms with Crippen LogP contribution >= 0.6 is 0 Å². The molecule has 3 aromatic carbocycles. The molecule has 0 bridgehead atoms. The van der Waals surface area contributed by atoms with Gasteiger partial charge in [-0.15, -0.1) is 0 Å². The van der Waals surface area contributed by atoms with Crippen molar-refractivity contribution in [1.82, 2.24) is 0 Å². The maximum absolute atomic E-state index is 14.8. The molecule has 2 fully saturated rings. The third kappa shape index (κ3) is 5.04. The lowest BCUT2D eigenvalue weighted by atomic mass is 9.78. The molecule has 2 aliphatic rings. The van der Waals surface area contributed by atoms with E-state index < -0.39 is 35.4 Å². The van der Waals surface area contributed by atoms with E-state index in [1.54, 1.807) is 37.3 Å². The number of hydrogen-bond acceptors (Lipinski definition) is 4. The fourth-order valence-corrected chi connectivity index (χ4v) is 4.92. The molecule has 7 heteroatoms. The normalized spacial score (nSPS) is 22.2. The van der Waals surface area contributed by atoms with Crippen molar-refractivity contribution in [3.8, 4) is 16.9 Å². The summed E-state index contributed by atoms with van der Waals surface area (Å²) in [6.45, 7) is 2.24. The third-order valence-electron chi connectivity index (χ3n) is 7.19. The summed E-state index contributed by atoms with van der Waals surface area (Å²) in [6.07, 6.45) is 1.50. The van der Waals surface area contributed by atoms with Gasteiger partial charge in [-0.3, -0.25) is 4.79 Å². The predicted octanol–water partition coefficient (Wildman–Crippen LogP) is 6.77. The van der Waals surface area contributed by atoms with Gasteiger partial charge in [-0.2, -0.15) is 4.39 Å². The zero-order valence-corrected chi connectivity index (χ0v) is 19.8. The van der Waals surface area contributed by atoms with Crippen molar-refractivity contribution in [2.75, 3.05) is 6.61 Å². The molecular weight excluding hydrogens is 469 g/mol. The van der Waals surface area contributed by atoms with E-state index in [1.165, 1.54) is 18.2 Å². The van der Waals surface area contributed by atoms with Gasteiger partial charge in [-0.1, -0.05) is 36.4 Å². The third-order valence-corrected chi connectivity index (χ3v) is 7.19. The van der Waals surface area contributed by atoms with Gasteiger partial charge in [-0.25, -0.2) is 8.78 Å². The van der Waals surface area contributed by atoms with Crippen LogP contribution < -0.4 is 4.74 Å². The second-order valence-corrected chi connectivity index (χ2v) is 9.61. The molecule has 0 aromatic heterocycles. The first kappa shape index (κ1) is 24.5. The first-order valence-corrected chi connectivity index (χ1v) is 12.2. The van der Waals surface area contributed by atoms with Crippen LogP contribution in [0.5, 0.6) is 5.75 Å². The predicted molar refractivity (Wildman–Crippen MR) is 128 cm³/mol. The number of hydrogen-bond donors (Lipinski definition) is 1. The van der Waals surface area contributed by atoms with Gasteiger partial charge in [0.05, 0.1) is 18.6 Å². The van der Waals surface area contributed by atoms with Gasteiger partial charge < -0.3 is 14.6 Å². The fourth-order valence-electron chi connectivity index (χ4n) is 4.92. The topological polar surface area (TPSA) is 59.1 Å². The molecule has 2 atom stereocenters. The van der Waals surface area contributed by atoms with Crippen molar-refractivity contribution in [1.29, 1.82) is 0 Å². The summed E-state index contributed by atoms with van der Waals surface area (Å²) in [5.41, 5.74) is 2.61. The average Bonchev–Trinajstić information content (AvgIpc) is 3.73. The Kier molecular flexibility index (Phi) is 6.86. The molecule has 3 aromatic rings. The highest BCUT2D eigenvalue weighted by molar-refractivity contribution is 5.76. The van der Waals surface area contributed by atoms with Crippen LogP contribution in [0.25, 0.3) is 11.1 Å². The Morgan fingerprint density at radius 1 is 0.972 bits per heavy atom. The van der Waals surface area contributed by atoms with Gasteiger partial charge in [0.25, 0.3) is 0 Å². The van der Waals surface area contributed by atoms with Gasteiger partial charge in [0, 0.05) is 5.56 Å². The summed E-state index contributed by atoms with van der Waals surface area (Å²) >= 11 is 0. The van der Waals surface area contributed by atoms with Crippen LogP contribution in [0.1, 0.15) is 67.4 Å². The molecule has 0 spiro atoms. The van der Waals surface area contributed by atoms with E-state index >= 15 is 0 Å². The number of aliphatic hydroxyl groups excluding tert-OH is 1. The Balaban J connectivity index is 1.22. The van der Waals surface area contributed by atoms with E-state index in [4.69, 9.17) is 9.47 Å². The molecule has 36 heavy (non-hydrogen) atoms. The second-order valence-electron chi connectivity index (χ2n) is 9.61. The minimum atomic E-state index is -1.23. The van der Waals surface area contributed by atoms with Crippen molar-refractivity contribution in [2.45, 2.75) is 50.7 Å². The average molecular weight is 497 g/mol. The molecule has 1 saturated carbocycles. The van der Waals surface area contributed by atoms with Crippen LogP contribution in [0, 0.1) is 23.4 Å². The van der Waals surface area contributed by atoms with E-state index in [-0.39, 0.29) is 23.4 Å². The molecule has 1 heterocycles. The SMILES string of the molecule is CC(O)c1ccc(-c2ccc(OC(=O)C3CCC(c4ccc(C5CO5)cc4F)CC3)c(F)c2F)cc1. The Hall–Kier alpha value is -3.16. The Morgan fingerprint density at radius 3 is 2.28 bits per heavy atom. The smallest absolute Gasteiger partial charge is 0.314 e. The monoisotopic (exact) mass is 496 g/mol. The molecule has 0 amide bonds. The quantitative estimate of drug-likeness (QED) is 0.232. The fraction of sp³-hybridized carbons (Fsp3) is 0.345. The minimum absolute atomic E-state index is 0.00288. The Morgan fingerprint density at radius 2 is 1.67 bits per heavy atom. The van der Waals surface area contributed by atoms with Crippen LogP contribution in [0.4, 0.5) is 13.2 Å². The van der Waals surface area contributed by atoms with Crippen LogP contribution in [0.3, 0.4) is 0 Å². The molecule has 1 N–H and O–H groups in total. The van der Waals surface area contributed by atoms with E-state index in [1.807, 2.05) is 6.07 Å². The van der Waals surface area contributed by atoms with E-state index in [0.29, 0.717) is 49.0 Å². The lowest BCUT2D eigenvalue weighted by molar-refractivity contribution is -0.140. The van der Waals surface area contributed by atoms with Gasteiger partial charge in [0.15, 0.2) is 11.6 Å². The van der Waals surface area contributed by atoms with E-state index in [2.05, 4.69) is 0 Å². The first-order valence-electron chi connectivity index (χ1n) is 12.2. The Bertz CT molecular complexity index is 1260. The van der Waals surface area contributed by atoms with Crippen molar-refractivity contribution < 1.29 is 32.5 Å². The number of aliphatic hydroxyl groups is 1. The zero-order valence-electron chi connectivity index (χ0n) is 19.8. The maximum Gasteiger partial charge on any atom is 0.314 e. The van der Waals surface area contributed by atoms with Gasteiger partial charge in [0.2, 0.25) is 5.82 Å². The lowest BCUT2D eigenvalue weighted by Crippen LogP contribution is -2.25. The number of halogens is 3. The molecular formula is C29H27F3O4. The number of esters is 1. The van der Waals surface area contributed by atoms with E-state index in [0.717, 1.165) is 5.56 Å². The molecule has 4 nitrogen and oxygen atoms in total. The number of carbonyl (C=O) groups excluding carboxylic acids is 1. The van der Waals surface area contributed by atoms with Crippen molar-refractivity contribution in [3.05, 3.63) is 88.7 Å². The summed E-state index contributed by atoms with van der Waals surface area (Å²) in [7, 11) is 0. The number of benzene rings is 3. The highest BCUT2D eigenvalue weighted by Gasteiger charge is 2.32. The van der Waals surface area contributed by atoms with Crippen LogP contribution in [-0.4, -0.2) is 17.7 Å². The number of carbonyl (C=O) groups is 1. The molecule has 188 valence electrons. The first-order chi connectivity index (χ1) is 17.3. The second kappa shape index (κ2) is 10.1. The minimum Gasteiger partial charge on any atom is -0.423 e. The molecule has 1 saturated heterocycles. The molecule has 1 aliphatic heterocycles. The summed E-state index contributed by atoms with van der Waals surface area (Å²) in [5.74, 6) is -4.11. The van der Waals surface area contributed by atoms with Crippen LogP contribution in [0.2, 0.25) is 0 Å². The number of epoxide rings is 1. The summed E-state index contributed by atoms with van der Waals surface area (Å²) in [4.78, 5) is 12.7. The standard InChI is InChI=1S/C29H27F3O4/c1-16(33)17-2-4-19(5-3-17)23-12-13-25(28(32)27(23)31)36-29(34)20-8-6-18(7-9-20)22-11-10-21(14-24(22)30)26-15-35-26/h2-5,10-14,16,18,20,26,33H,6-9,15H2,1H3. The van der Waals surface area contributed by atoms with Gasteiger partial charge in [0.1, 0.15) is 11.9 Å². The largest absolute Gasteiger partial charge is 0.423 e. The molecule has 5 rings (SSSR count). The lowest BCUT2D eigenvalue weighted by Gasteiger charge is -2.28. The number of ether oxygens (including phenoxy) is 2. The summed E-state index contributed by atoms with van der Waals surface area (Å²) in [6, 6.07) is 14.3. The molecule has 1 aliphatic carbocycles. The van der Waals surface area contributed by atoms with E-state index in [9.17, 15) is 23.1 Å². The zero-order chi connectivity index (χ0) is 25.4. The molecule has 0 radical (unpaired) electrons. The van der Waals surface area contributed by atoms with Crippen molar-refractivity contribution in [3.63, 3.8) is 0 Å². The summed E-state index contributed by atoms with van der Waals surface area (Å²) in [5, 5.41) is 9.62. The maximum atomic E-state index is 14.8. The Labute approximate surface area is 207 Å². The highest BCUT2D eigenvalue weighted by atomic mass is 19.2. The van der Waals surface area contributed by atoms with Crippen LogP contribution in [-0.2, 0) is 9.53 Å². The van der Waals surface area contributed by atoms with Crippen molar-refractivity contribution >= 4 is 5.97 Å². The molecule has 2 unspecified atom stereocenters. The van der Waals surface area contributed by atoms with Gasteiger partial charge in [-0.05, 0) is 79.0 Å². The van der Waals surface area contributed by atoms with Crippen molar-refractivity contribution in [2.24, 2.45) is 5.92 Å².